The van der Waals surface area contributed by atoms with Gasteiger partial charge in [-0.25, -0.2) is 0 Å². The van der Waals surface area contributed by atoms with Gasteiger partial charge in [0.05, 0.1) is 11.0 Å². The highest BCUT2D eigenvalue weighted by Gasteiger charge is 2.25. The fourth-order valence-electron chi connectivity index (χ4n) is 2.55. The van der Waals surface area contributed by atoms with Crippen LogP contribution in [-0.4, -0.2) is 10.0 Å². The molecule has 0 spiro atoms. The van der Waals surface area contributed by atoms with Crippen molar-refractivity contribution in [3.8, 4) is 0 Å². The minimum atomic E-state index is -0.627. The molecule has 2 aromatic rings. The molecule has 0 bridgehead atoms. The van der Waals surface area contributed by atoms with Crippen LogP contribution in [0.2, 0.25) is 0 Å². The van der Waals surface area contributed by atoms with E-state index in [1.807, 2.05) is 36.4 Å². The van der Waals surface area contributed by atoms with Crippen LogP contribution in [0.4, 0.5) is 5.69 Å². The lowest BCUT2D eigenvalue weighted by molar-refractivity contribution is -0.384. The number of benzene rings is 2. The number of nitro groups is 1. The number of hydrogen-bond donors (Lipinski definition) is 1. The van der Waals surface area contributed by atoms with Gasteiger partial charge in [0.15, 0.2) is 0 Å². The Morgan fingerprint density at radius 3 is 2.45 bits per heavy atom. The first-order chi connectivity index (χ1) is 9.66. The first-order valence-corrected chi connectivity index (χ1v) is 6.36. The van der Waals surface area contributed by atoms with Crippen molar-refractivity contribution in [2.75, 3.05) is 0 Å². The van der Waals surface area contributed by atoms with Crippen molar-refractivity contribution in [3.05, 3.63) is 81.4 Å². The molecule has 0 fully saturated rings. The van der Waals surface area contributed by atoms with Gasteiger partial charge < -0.3 is 5.11 Å². The van der Waals surface area contributed by atoms with Crippen LogP contribution < -0.4 is 0 Å². The summed E-state index contributed by atoms with van der Waals surface area (Å²) < 4.78 is 0. The highest BCUT2D eigenvalue weighted by Crippen LogP contribution is 2.38. The predicted octanol–water partition coefficient (Wildman–Crippen LogP) is 3.44. The number of non-ortho nitro benzene ring substituents is 1. The minimum Gasteiger partial charge on any atom is -0.387 e. The second kappa shape index (κ2) is 4.90. The van der Waals surface area contributed by atoms with E-state index < -0.39 is 11.0 Å². The molecule has 2 aromatic carbocycles. The quantitative estimate of drug-likeness (QED) is 0.669. The number of fused-ring (bicyclic) bond motifs is 1. The lowest BCUT2D eigenvalue weighted by atomic mass is 9.83. The Hall–Kier alpha value is -2.46. The molecule has 0 saturated heterocycles. The number of nitro benzene ring substituents is 1. The summed E-state index contributed by atoms with van der Waals surface area (Å²) >= 11 is 0. The average molecular weight is 267 g/mol. The van der Waals surface area contributed by atoms with Gasteiger partial charge in [0.2, 0.25) is 0 Å². The van der Waals surface area contributed by atoms with Gasteiger partial charge in [0.25, 0.3) is 5.69 Å². The van der Waals surface area contributed by atoms with E-state index in [-0.39, 0.29) is 11.6 Å². The van der Waals surface area contributed by atoms with Gasteiger partial charge in [-0.15, -0.1) is 0 Å². The third-order valence-electron chi connectivity index (χ3n) is 3.63. The number of aliphatic hydroxyl groups is 1. The molecule has 1 aliphatic rings. The number of hydrogen-bond acceptors (Lipinski definition) is 3. The van der Waals surface area contributed by atoms with Crippen molar-refractivity contribution in [1.29, 1.82) is 0 Å². The molecule has 0 saturated carbocycles. The Bertz CT molecular complexity index is 676. The van der Waals surface area contributed by atoms with E-state index in [0.29, 0.717) is 0 Å². The predicted molar refractivity (Wildman–Crippen MR) is 76.3 cm³/mol. The van der Waals surface area contributed by atoms with E-state index in [4.69, 9.17) is 0 Å². The minimum absolute atomic E-state index is 0.0587. The fraction of sp³-hybridized carbons (Fsp3) is 0.125. The van der Waals surface area contributed by atoms with E-state index in [1.54, 1.807) is 12.1 Å². The molecule has 3 rings (SSSR count). The third kappa shape index (κ3) is 2.10. The van der Waals surface area contributed by atoms with Crippen molar-refractivity contribution >= 4 is 11.8 Å². The average Bonchev–Trinajstić information content (AvgIpc) is 2.48. The van der Waals surface area contributed by atoms with Gasteiger partial charge in [-0.2, -0.15) is 0 Å². The van der Waals surface area contributed by atoms with Crippen molar-refractivity contribution in [2.45, 2.75) is 12.0 Å². The zero-order valence-corrected chi connectivity index (χ0v) is 10.6. The summed E-state index contributed by atoms with van der Waals surface area (Å²) in [5.74, 6) is -0.175. The molecule has 1 aliphatic carbocycles. The van der Waals surface area contributed by atoms with Crippen molar-refractivity contribution in [2.24, 2.45) is 0 Å². The number of nitrogens with zero attached hydrogens (tertiary/aromatic N) is 1. The standard InChI is InChI=1S/C16H13NO3/c18-16-14-4-2-1-3-11(14)7-10-15(16)12-5-8-13(9-6-12)17(19)20/h1-10,15-16,18H/t15-,16?/m1/s1. The van der Waals surface area contributed by atoms with Gasteiger partial charge in [-0.1, -0.05) is 48.6 Å². The molecule has 0 aliphatic heterocycles. The van der Waals surface area contributed by atoms with Crippen LogP contribution in [0.25, 0.3) is 6.08 Å². The zero-order valence-electron chi connectivity index (χ0n) is 10.6. The lowest BCUT2D eigenvalue weighted by Crippen LogP contribution is -2.13. The van der Waals surface area contributed by atoms with Gasteiger partial charge in [0, 0.05) is 18.1 Å². The topological polar surface area (TPSA) is 63.4 Å². The van der Waals surface area contributed by atoms with E-state index >= 15 is 0 Å². The highest BCUT2D eigenvalue weighted by atomic mass is 16.6. The van der Waals surface area contributed by atoms with Crippen LogP contribution >= 0.6 is 0 Å². The molecule has 4 nitrogen and oxygen atoms in total. The summed E-state index contributed by atoms with van der Waals surface area (Å²) in [7, 11) is 0. The molecule has 100 valence electrons. The molecule has 0 amide bonds. The van der Waals surface area contributed by atoms with E-state index in [1.165, 1.54) is 12.1 Å². The van der Waals surface area contributed by atoms with E-state index in [0.717, 1.165) is 16.7 Å². The normalized spacial score (nSPS) is 20.4. The van der Waals surface area contributed by atoms with Crippen molar-refractivity contribution < 1.29 is 10.0 Å². The summed E-state index contributed by atoms with van der Waals surface area (Å²) in [4.78, 5) is 10.2. The van der Waals surface area contributed by atoms with E-state index in [2.05, 4.69) is 0 Å². The molecule has 0 heterocycles. The SMILES string of the molecule is O=[N+]([O-])c1ccc([C@H]2C=Cc3ccccc3C2O)cc1. The summed E-state index contributed by atoms with van der Waals surface area (Å²) in [6, 6.07) is 14.0. The molecule has 1 N–H and O–H groups in total. The number of rotatable bonds is 2. The second-order valence-electron chi connectivity index (χ2n) is 4.81. The monoisotopic (exact) mass is 267 g/mol. The molecule has 0 radical (unpaired) electrons. The smallest absolute Gasteiger partial charge is 0.269 e. The maximum absolute atomic E-state index is 10.7. The largest absolute Gasteiger partial charge is 0.387 e. The van der Waals surface area contributed by atoms with Crippen molar-refractivity contribution in [3.63, 3.8) is 0 Å². The molecular formula is C16H13NO3. The van der Waals surface area contributed by atoms with Crippen LogP contribution in [0.3, 0.4) is 0 Å². The first kappa shape index (κ1) is 12.6. The second-order valence-corrected chi connectivity index (χ2v) is 4.81. The Morgan fingerprint density at radius 2 is 1.75 bits per heavy atom. The Morgan fingerprint density at radius 1 is 1.05 bits per heavy atom. The molecule has 1 unspecified atom stereocenters. The van der Waals surface area contributed by atoms with Crippen molar-refractivity contribution in [1.82, 2.24) is 0 Å². The fourth-order valence-corrected chi connectivity index (χ4v) is 2.55. The van der Waals surface area contributed by atoms with Crippen LogP contribution in [0.15, 0.2) is 54.6 Å². The first-order valence-electron chi connectivity index (χ1n) is 6.36. The van der Waals surface area contributed by atoms with Gasteiger partial charge in [-0.05, 0) is 16.7 Å². The molecule has 2 atom stereocenters. The van der Waals surface area contributed by atoms with Gasteiger partial charge in [-0.3, -0.25) is 10.1 Å². The maximum atomic E-state index is 10.7. The Balaban J connectivity index is 1.94. The van der Waals surface area contributed by atoms with Gasteiger partial charge >= 0.3 is 0 Å². The summed E-state index contributed by atoms with van der Waals surface area (Å²) in [6.45, 7) is 0. The molecule has 4 heteroatoms. The highest BCUT2D eigenvalue weighted by molar-refractivity contribution is 5.60. The maximum Gasteiger partial charge on any atom is 0.269 e. The third-order valence-corrected chi connectivity index (χ3v) is 3.63. The van der Waals surface area contributed by atoms with Crippen LogP contribution in [-0.2, 0) is 0 Å². The van der Waals surface area contributed by atoms with E-state index in [9.17, 15) is 15.2 Å². The zero-order chi connectivity index (χ0) is 14.1. The molecule has 20 heavy (non-hydrogen) atoms. The lowest BCUT2D eigenvalue weighted by Gasteiger charge is -2.26. The molecular weight excluding hydrogens is 254 g/mol. The Kier molecular flexibility index (Phi) is 3.08. The molecule has 0 aromatic heterocycles. The summed E-state index contributed by atoms with van der Waals surface area (Å²) in [6.07, 6.45) is 3.29. The van der Waals surface area contributed by atoms with Crippen LogP contribution in [0, 0.1) is 10.1 Å². The van der Waals surface area contributed by atoms with Gasteiger partial charge in [0.1, 0.15) is 0 Å². The Labute approximate surface area is 116 Å². The summed E-state index contributed by atoms with van der Waals surface area (Å²) in [5.41, 5.74) is 2.83. The van der Waals surface area contributed by atoms with Crippen LogP contribution in [0.1, 0.15) is 28.7 Å². The number of aliphatic hydroxyl groups excluding tert-OH is 1. The van der Waals surface area contributed by atoms with Crippen LogP contribution in [0.5, 0.6) is 0 Å². The summed E-state index contributed by atoms with van der Waals surface area (Å²) in [5, 5.41) is 21.1.